The van der Waals surface area contributed by atoms with E-state index < -0.39 is 22.1 Å². The van der Waals surface area contributed by atoms with Crippen molar-refractivity contribution in [3.63, 3.8) is 0 Å². The number of thiazole rings is 1. The highest BCUT2D eigenvalue weighted by molar-refractivity contribution is 7.89. The van der Waals surface area contributed by atoms with E-state index in [1.165, 1.54) is 23.5 Å². The Morgan fingerprint density at radius 2 is 1.84 bits per heavy atom. The second-order valence-corrected chi connectivity index (χ2v) is 10.9. The quantitative estimate of drug-likeness (QED) is 0.111. The molecule has 0 fully saturated rings. The summed E-state index contributed by atoms with van der Waals surface area (Å²) in [6.45, 7) is 0.510. The number of nitrogen functional groups attached to an aromatic ring is 1. The van der Waals surface area contributed by atoms with Gasteiger partial charge in [-0.15, -0.1) is 11.3 Å². The number of carbonyl (C=O) groups is 1. The van der Waals surface area contributed by atoms with Crippen LogP contribution >= 0.6 is 11.3 Å². The largest absolute Gasteiger partial charge is 0.492 e. The number of fused-ring (bicyclic) bond motifs is 1. The average Bonchev–Trinajstić information content (AvgIpc) is 3.30. The van der Waals surface area contributed by atoms with Crippen LogP contribution in [-0.2, 0) is 16.4 Å². The summed E-state index contributed by atoms with van der Waals surface area (Å²) in [6, 6.07) is 19.4. The van der Waals surface area contributed by atoms with Gasteiger partial charge in [-0.05, 0) is 48.4 Å². The lowest BCUT2D eigenvalue weighted by molar-refractivity contribution is 0.244. The van der Waals surface area contributed by atoms with Gasteiger partial charge >= 0.3 is 6.03 Å². The summed E-state index contributed by atoms with van der Waals surface area (Å²) in [7, 11) is -3.84. The fourth-order valence-electron chi connectivity index (χ4n) is 3.64. The molecule has 7 N–H and O–H groups in total. The van der Waals surface area contributed by atoms with Crippen molar-refractivity contribution in [3.8, 4) is 5.75 Å². The molecule has 0 aliphatic carbocycles. The molecule has 1 unspecified atom stereocenters. The van der Waals surface area contributed by atoms with Gasteiger partial charge in [0.15, 0.2) is 0 Å². The third kappa shape index (κ3) is 6.82. The smallest absolute Gasteiger partial charge is 0.312 e. The Hall–Kier alpha value is -4.00. The Morgan fingerprint density at radius 3 is 2.57 bits per heavy atom. The van der Waals surface area contributed by atoms with Crippen LogP contribution in [0.15, 0.2) is 77.7 Å². The van der Waals surface area contributed by atoms with Crippen LogP contribution in [0.3, 0.4) is 0 Å². The Kier molecular flexibility index (Phi) is 8.01. The molecule has 0 spiro atoms. The van der Waals surface area contributed by atoms with Gasteiger partial charge in [0, 0.05) is 5.56 Å². The number of amidine groups is 1. The van der Waals surface area contributed by atoms with Crippen LogP contribution in [0.25, 0.3) is 10.2 Å². The van der Waals surface area contributed by atoms with Crippen LogP contribution < -0.4 is 26.2 Å². The molecule has 37 heavy (non-hydrogen) atoms. The number of sulfonamides is 1. The number of benzene rings is 3. The molecule has 0 aliphatic rings. The molecule has 2 amide bonds. The lowest BCUT2D eigenvalue weighted by Crippen LogP contribution is -2.32. The number of rotatable bonds is 11. The summed E-state index contributed by atoms with van der Waals surface area (Å²) >= 11 is 1.35. The molecule has 4 aromatic rings. The van der Waals surface area contributed by atoms with E-state index in [4.69, 9.17) is 26.6 Å². The number of hydrogen-bond acceptors (Lipinski definition) is 7. The zero-order valence-electron chi connectivity index (χ0n) is 19.7. The lowest BCUT2D eigenvalue weighted by Gasteiger charge is -2.17. The van der Waals surface area contributed by atoms with Crippen LogP contribution in [0, 0.1) is 5.41 Å². The SMILES string of the molecule is N=C(N)c1cccc(CC(NS(=O)(=O)c2ccccc2)c2nc3ccc(OCCNC(N)=O)cc3s2)c1. The van der Waals surface area contributed by atoms with Crippen LogP contribution in [0.4, 0.5) is 4.79 Å². The molecule has 1 atom stereocenters. The van der Waals surface area contributed by atoms with Crippen molar-refractivity contribution in [1.29, 1.82) is 5.41 Å². The van der Waals surface area contributed by atoms with Gasteiger partial charge in [0.25, 0.3) is 0 Å². The number of urea groups is 1. The maximum Gasteiger partial charge on any atom is 0.312 e. The molecule has 0 bridgehead atoms. The van der Waals surface area contributed by atoms with E-state index in [0.717, 1.165) is 10.3 Å². The third-order valence-electron chi connectivity index (χ3n) is 5.37. The number of aromatic nitrogens is 1. The standard InChI is InChI=1S/C25H26N6O4S2/c26-23(27)17-6-4-5-16(13-17)14-21(31-37(33,34)19-7-2-1-3-8-19)24-30-20-10-9-18(15-22(20)36-24)35-12-11-29-25(28)32/h1-10,13,15,21,31H,11-12,14H2,(H3,26,27)(H3,28,29,32). The first-order valence-corrected chi connectivity index (χ1v) is 13.6. The molecule has 1 aromatic heterocycles. The predicted molar refractivity (Wildman–Crippen MR) is 143 cm³/mol. The Balaban J connectivity index is 1.64. The molecule has 3 aromatic carbocycles. The van der Waals surface area contributed by atoms with Crippen LogP contribution in [0.5, 0.6) is 5.75 Å². The van der Waals surface area contributed by atoms with Gasteiger partial charge in [0.1, 0.15) is 23.2 Å². The second-order valence-electron chi connectivity index (χ2n) is 8.13. The maximum atomic E-state index is 13.2. The summed E-state index contributed by atoms with van der Waals surface area (Å²) < 4.78 is 35.7. The van der Waals surface area contributed by atoms with Crippen molar-refractivity contribution >= 4 is 43.4 Å². The average molecular weight is 539 g/mol. The molecular weight excluding hydrogens is 512 g/mol. The van der Waals surface area contributed by atoms with Gasteiger partial charge in [0.2, 0.25) is 10.0 Å². The number of hydrogen-bond donors (Lipinski definition) is 5. The topological polar surface area (TPSA) is 173 Å². The third-order valence-corrected chi connectivity index (χ3v) is 7.99. The van der Waals surface area contributed by atoms with Gasteiger partial charge in [-0.3, -0.25) is 5.41 Å². The van der Waals surface area contributed by atoms with E-state index in [0.29, 0.717) is 28.3 Å². The Bertz CT molecular complexity index is 1520. The van der Waals surface area contributed by atoms with Crippen LogP contribution in [0.1, 0.15) is 22.2 Å². The molecule has 1 heterocycles. The highest BCUT2D eigenvalue weighted by atomic mass is 32.2. The molecular formula is C25H26N6O4S2. The lowest BCUT2D eigenvalue weighted by atomic mass is 10.0. The molecule has 10 nitrogen and oxygen atoms in total. The molecule has 0 saturated carbocycles. The fraction of sp³-hybridized carbons (Fsp3) is 0.160. The maximum absolute atomic E-state index is 13.2. The Morgan fingerprint density at radius 1 is 1.05 bits per heavy atom. The molecule has 0 aliphatic heterocycles. The summed E-state index contributed by atoms with van der Waals surface area (Å²) in [5, 5.41) is 10.8. The van der Waals surface area contributed by atoms with Crippen molar-refractivity contribution in [2.75, 3.05) is 13.2 Å². The minimum absolute atomic E-state index is 0.0678. The van der Waals surface area contributed by atoms with Crippen molar-refractivity contribution in [2.24, 2.45) is 11.5 Å². The van der Waals surface area contributed by atoms with Crippen molar-refractivity contribution < 1.29 is 17.9 Å². The minimum Gasteiger partial charge on any atom is -0.492 e. The molecule has 4 rings (SSSR count). The van der Waals surface area contributed by atoms with Gasteiger partial charge in [-0.25, -0.2) is 22.9 Å². The van der Waals surface area contributed by atoms with E-state index in [-0.39, 0.29) is 23.9 Å². The zero-order valence-corrected chi connectivity index (χ0v) is 21.3. The first-order valence-electron chi connectivity index (χ1n) is 11.3. The van der Waals surface area contributed by atoms with Crippen LogP contribution in [0.2, 0.25) is 0 Å². The summed E-state index contributed by atoms with van der Waals surface area (Å²) in [4.78, 5) is 15.7. The van der Waals surface area contributed by atoms with E-state index in [1.807, 2.05) is 12.1 Å². The monoisotopic (exact) mass is 538 g/mol. The Labute approximate surface area is 218 Å². The van der Waals surface area contributed by atoms with E-state index in [2.05, 4.69) is 10.0 Å². The van der Waals surface area contributed by atoms with E-state index in [9.17, 15) is 13.2 Å². The van der Waals surface area contributed by atoms with Crippen molar-refractivity contribution in [3.05, 3.63) is 88.9 Å². The number of nitrogens with zero attached hydrogens (tertiary/aromatic N) is 1. The molecule has 0 saturated heterocycles. The van der Waals surface area contributed by atoms with E-state index in [1.54, 1.807) is 48.5 Å². The minimum atomic E-state index is -3.84. The highest BCUT2D eigenvalue weighted by Gasteiger charge is 2.25. The molecule has 0 radical (unpaired) electrons. The number of nitrogens with one attached hydrogen (secondary N) is 3. The summed E-state index contributed by atoms with van der Waals surface area (Å²) in [5.74, 6) is 0.520. The van der Waals surface area contributed by atoms with Gasteiger partial charge in [0.05, 0.1) is 27.7 Å². The normalized spacial score (nSPS) is 12.2. The number of nitrogens with two attached hydrogens (primary N) is 2. The number of ether oxygens (including phenoxy) is 1. The van der Waals surface area contributed by atoms with Crippen molar-refractivity contribution in [2.45, 2.75) is 17.4 Å². The van der Waals surface area contributed by atoms with Gasteiger partial charge in [-0.2, -0.15) is 0 Å². The second kappa shape index (κ2) is 11.4. The fourth-order valence-corrected chi connectivity index (χ4v) is 5.98. The predicted octanol–water partition coefficient (Wildman–Crippen LogP) is 2.89. The summed E-state index contributed by atoms with van der Waals surface area (Å²) in [5.41, 5.74) is 12.8. The van der Waals surface area contributed by atoms with Gasteiger partial charge < -0.3 is 21.5 Å². The van der Waals surface area contributed by atoms with Crippen molar-refractivity contribution in [1.82, 2.24) is 15.0 Å². The van der Waals surface area contributed by atoms with E-state index >= 15 is 0 Å². The van der Waals surface area contributed by atoms with Crippen LogP contribution in [-0.4, -0.2) is 38.4 Å². The molecule has 12 heteroatoms. The summed E-state index contributed by atoms with van der Waals surface area (Å²) in [6.07, 6.45) is 0.301. The number of primary amides is 1. The van der Waals surface area contributed by atoms with Gasteiger partial charge in [-0.1, -0.05) is 36.4 Å². The first kappa shape index (κ1) is 26.1. The first-order chi connectivity index (χ1) is 17.7. The zero-order chi connectivity index (χ0) is 26.4. The highest BCUT2D eigenvalue weighted by Crippen LogP contribution is 2.32. The number of amides is 2. The molecule has 192 valence electrons. The number of carbonyl (C=O) groups excluding carboxylic acids is 1.